The number of anilines is 1. The van der Waals surface area contributed by atoms with Crippen molar-refractivity contribution in [2.45, 2.75) is 32.6 Å². The third kappa shape index (κ3) is 9.68. The lowest BCUT2D eigenvalue weighted by Gasteiger charge is -2.14. The standard InChI is InChI=1S/C33H33IN4O5S/c1-3-4-5-9-16-41-26-12-14-27(15-13-26)42-17-18-43-30-28(34)20-23(21-29(30)40-2)19-25(22-35)32-37-38-33(44-32)36-31(39)24-10-7-6-8-11-24/h6-8,10-15,19-21H,3-5,9,16-18H2,1-2H3,(H,36,38,39). The zero-order valence-corrected chi connectivity index (χ0v) is 27.5. The van der Waals surface area contributed by atoms with Gasteiger partial charge in [-0.1, -0.05) is 55.7 Å². The summed E-state index contributed by atoms with van der Waals surface area (Å²) < 4.78 is 24.0. The average Bonchev–Trinajstić information content (AvgIpc) is 3.51. The number of nitriles is 1. The number of aromatic nitrogens is 2. The van der Waals surface area contributed by atoms with Crippen LogP contribution in [0.4, 0.5) is 5.13 Å². The molecule has 0 fully saturated rings. The maximum atomic E-state index is 12.4. The van der Waals surface area contributed by atoms with Gasteiger partial charge in [0.15, 0.2) is 16.5 Å². The smallest absolute Gasteiger partial charge is 0.257 e. The van der Waals surface area contributed by atoms with Crippen LogP contribution in [0, 0.1) is 14.9 Å². The first kappa shape index (κ1) is 32.8. The van der Waals surface area contributed by atoms with E-state index in [4.69, 9.17) is 18.9 Å². The van der Waals surface area contributed by atoms with E-state index in [0.29, 0.717) is 46.0 Å². The van der Waals surface area contributed by atoms with Gasteiger partial charge in [-0.25, -0.2) is 0 Å². The number of hydrogen-bond donors (Lipinski definition) is 1. The van der Waals surface area contributed by atoms with E-state index in [-0.39, 0.29) is 5.91 Å². The number of methoxy groups -OCH3 is 1. The third-order valence-corrected chi connectivity index (χ3v) is 7.96. The van der Waals surface area contributed by atoms with Crippen LogP contribution in [0.2, 0.25) is 0 Å². The molecule has 0 radical (unpaired) electrons. The summed E-state index contributed by atoms with van der Waals surface area (Å²) in [5.74, 6) is 2.37. The molecule has 11 heteroatoms. The Morgan fingerprint density at radius 1 is 0.955 bits per heavy atom. The number of rotatable bonds is 16. The van der Waals surface area contributed by atoms with Crippen molar-refractivity contribution >= 4 is 56.6 Å². The first-order valence-electron chi connectivity index (χ1n) is 14.2. The number of unbranched alkanes of at least 4 members (excludes halogenated alkanes) is 3. The molecule has 0 aliphatic heterocycles. The van der Waals surface area contributed by atoms with Crippen LogP contribution in [-0.2, 0) is 0 Å². The van der Waals surface area contributed by atoms with E-state index in [0.717, 1.165) is 45.0 Å². The molecule has 0 saturated carbocycles. The van der Waals surface area contributed by atoms with Crippen molar-refractivity contribution in [3.05, 3.63) is 86.4 Å². The van der Waals surface area contributed by atoms with Gasteiger partial charge in [0.2, 0.25) is 5.13 Å². The van der Waals surface area contributed by atoms with E-state index < -0.39 is 0 Å². The Balaban J connectivity index is 1.32. The monoisotopic (exact) mass is 724 g/mol. The first-order chi connectivity index (χ1) is 21.5. The second-order valence-electron chi connectivity index (χ2n) is 9.51. The maximum Gasteiger partial charge on any atom is 0.257 e. The van der Waals surface area contributed by atoms with Crippen LogP contribution < -0.4 is 24.3 Å². The maximum absolute atomic E-state index is 12.4. The highest BCUT2D eigenvalue weighted by molar-refractivity contribution is 14.1. The minimum Gasteiger partial charge on any atom is -0.494 e. The Morgan fingerprint density at radius 2 is 1.66 bits per heavy atom. The Morgan fingerprint density at radius 3 is 2.34 bits per heavy atom. The number of hydrogen-bond acceptors (Lipinski definition) is 9. The zero-order valence-electron chi connectivity index (χ0n) is 24.5. The number of nitrogens with zero attached hydrogens (tertiary/aromatic N) is 3. The summed E-state index contributed by atoms with van der Waals surface area (Å²) >= 11 is 3.29. The molecule has 44 heavy (non-hydrogen) atoms. The number of halogens is 1. The second kappa shape index (κ2) is 17.2. The molecule has 1 aromatic heterocycles. The van der Waals surface area contributed by atoms with Crippen molar-refractivity contribution in [2.75, 3.05) is 32.2 Å². The summed E-state index contributed by atoms with van der Waals surface area (Å²) in [4.78, 5) is 12.4. The number of carbonyl (C=O) groups excluding carboxylic acids is 1. The fourth-order valence-electron chi connectivity index (χ4n) is 4.07. The number of allylic oxidation sites excluding steroid dienone is 1. The summed E-state index contributed by atoms with van der Waals surface area (Å²) in [6, 6.07) is 22.2. The number of nitrogens with one attached hydrogen (secondary N) is 1. The number of ether oxygens (including phenoxy) is 4. The molecular formula is C33H33IN4O5S. The van der Waals surface area contributed by atoms with Crippen molar-refractivity contribution in [1.29, 1.82) is 5.26 Å². The Kier molecular flexibility index (Phi) is 12.8. The molecule has 1 heterocycles. The van der Waals surface area contributed by atoms with Crippen molar-refractivity contribution in [2.24, 2.45) is 0 Å². The predicted octanol–water partition coefficient (Wildman–Crippen LogP) is 7.88. The number of amides is 1. The van der Waals surface area contributed by atoms with Crippen molar-refractivity contribution < 1.29 is 23.7 Å². The fourth-order valence-corrected chi connectivity index (χ4v) is 5.55. The van der Waals surface area contributed by atoms with E-state index in [2.05, 4.69) is 51.1 Å². The van der Waals surface area contributed by atoms with Gasteiger partial charge in [0.05, 0.1) is 22.9 Å². The normalized spacial score (nSPS) is 11.0. The molecule has 1 N–H and O–H groups in total. The molecule has 3 aromatic carbocycles. The summed E-state index contributed by atoms with van der Waals surface area (Å²) in [6.45, 7) is 3.57. The van der Waals surface area contributed by atoms with Crippen LogP contribution in [0.5, 0.6) is 23.0 Å². The summed E-state index contributed by atoms with van der Waals surface area (Å²) in [6.07, 6.45) is 6.38. The summed E-state index contributed by atoms with van der Waals surface area (Å²) in [5.41, 5.74) is 1.53. The minimum absolute atomic E-state index is 0.299. The van der Waals surface area contributed by atoms with Gasteiger partial charge in [-0.3, -0.25) is 10.1 Å². The largest absolute Gasteiger partial charge is 0.494 e. The summed E-state index contributed by atoms with van der Waals surface area (Å²) in [7, 11) is 1.56. The topological polar surface area (TPSA) is 116 Å². The van der Waals surface area contributed by atoms with Crippen LogP contribution in [0.25, 0.3) is 11.6 Å². The van der Waals surface area contributed by atoms with Crippen LogP contribution in [0.15, 0.2) is 66.7 Å². The molecule has 4 rings (SSSR count). The molecule has 4 aromatic rings. The number of benzene rings is 3. The Bertz CT molecular complexity index is 1590. The molecular weight excluding hydrogens is 691 g/mol. The molecule has 0 saturated heterocycles. The van der Waals surface area contributed by atoms with Crippen molar-refractivity contribution in [3.63, 3.8) is 0 Å². The fraction of sp³-hybridized carbons (Fsp3) is 0.273. The van der Waals surface area contributed by atoms with Crippen LogP contribution in [0.1, 0.15) is 53.5 Å². The SMILES string of the molecule is CCCCCCOc1ccc(OCCOc2c(I)cc(C=C(C#N)c3nnc(NC(=O)c4ccccc4)s3)cc2OC)cc1. The molecule has 0 aliphatic carbocycles. The van der Waals surface area contributed by atoms with Gasteiger partial charge in [0.1, 0.15) is 30.8 Å². The van der Waals surface area contributed by atoms with Gasteiger partial charge in [-0.2, -0.15) is 5.26 Å². The van der Waals surface area contributed by atoms with Crippen LogP contribution in [0.3, 0.4) is 0 Å². The Hall–Kier alpha value is -4.15. The molecule has 9 nitrogen and oxygen atoms in total. The van der Waals surface area contributed by atoms with Gasteiger partial charge < -0.3 is 18.9 Å². The lowest BCUT2D eigenvalue weighted by molar-refractivity contribution is 0.102. The molecule has 0 spiro atoms. The van der Waals surface area contributed by atoms with Gasteiger partial charge in [0, 0.05) is 5.56 Å². The number of carbonyl (C=O) groups is 1. The Labute approximate surface area is 275 Å². The quantitative estimate of drug-likeness (QED) is 0.0705. The van der Waals surface area contributed by atoms with Gasteiger partial charge in [-0.15, -0.1) is 10.2 Å². The lowest BCUT2D eigenvalue weighted by atomic mass is 10.1. The molecule has 0 bridgehead atoms. The molecule has 228 valence electrons. The second-order valence-corrected chi connectivity index (χ2v) is 11.7. The molecule has 0 aliphatic rings. The van der Waals surface area contributed by atoms with E-state index in [1.165, 1.54) is 19.3 Å². The molecule has 0 atom stereocenters. The van der Waals surface area contributed by atoms with Crippen molar-refractivity contribution in [1.82, 2.24) is 10.2 Å². The van der Waals surface area contributed by atoms with Gasteiger partial charge in [0.25, 0.3) is 5.91 Å². The first-order valence-corrected chi connectivity index (χ1v) is 16.1. The van der Waals surface area contributed by atoms with Gasteiger partial charge in [-0.05, 0) is 89.2 Å². The molecule has 1 amide bonds. The van der Waals surface area contributed by atoms with Crippen molar-refractivity contribution in [3.8, 4) is 29.1 Å². The highest BCUT2D eigenvalue weighted by Crippen LogP contribution is 2.35. The van der Waals surface area contributed by atoms with E-state index in [1.54, 1.807) is 43.5 Å². The molecule has 0 unspecified atom stereocenters. The zero-order chi connectivity index (χ0) is 31.1. The van der Waals surface area contributed by atoms with Crippen LogP contribution in [-0.4, -0.2) is 43.0 Å². The lowest BCUT2D eigenvalue weighted by Crippen LogP contribution is -2.11. The average molecular weight is 725 g/mol. The highest BCUT2D eigenvalue weighted by atomic mass is 127. The third-order valence-electron chi connectivity index (χ3n) is 6.28. The van der Waals surface area contributed by atoms with Crippen LogP contribution >= 0.6 is 33.9 Å². The van der Waals surface area contributed by atoms with Gasteiger partial charge >= 0.3 is 0 Å². The van der Waals surface area contributed by atoms with E-state index >= 15 is 0 Å². The predicted molar refractivity (Wildman–Crippen MR) is 181 cm³/mol. The van der Waals surface area contributed by atoms with E-state index in [9.17, 15) is 10.1 Å². The minimum atomic E-state index is -0.299. The highest BCUT2D eigenvalue weighted by Gasteiger charge is 2.15. The summed E-state index contributed by atoms with van der Waals surface area (Å²) in [5, 5.41) is 21.4. The van der Waals surface area contributed by atoms with E-state index in [1.807, 2.05) is 36.4 Å².